The van der Waals surface area contributed by atoms with Gasteiger partial charge in [-0.15, -0.1) is 0 Å². The Morgan fingerprint density at radius 1 is 1.78 bits per heavy atom. The van der Waals surface area contributed by atoms with Crippen LogP contribution >= 0.6 is 11.8 Å². The van der Waals surface area contributed by atoms with Crippen molar-refractivity contribution in [1.29, 1.82) is 5.41 Å². The molecule has 4 nitrogen and oxygen atoms in total. The molecule has 9 heavy (non-hydrogen) atoms. The average Bonchev–Trinajstić information content (AvgIpc) is 1.87. The van der Waals surface area contributed by atoms with E-state index >= 15 is 0 Å². The minimum absolute atomic E-state index is 0.0364. The quantitative estimate of drug-likeness (QED) is 0.379. The summed E-state index contributed by atoms with van der Waals surface area (Å²) < 4.78 is 0. The van der Waals surface area contributed by atoms with Gasteiger partial charge in [0.2, 0.25) is 5.96 Å². The van der Waals surface area contributed by atoms with E-state index in [1.54, 1.807) is 6.26 Å². The fraction of sp³-hybridized carbons (Fsp3) is 0.250. The number of thioether (sulfide) groups is 1. The van der Waals surface area contributed by atoms with E-state index in [4.69, 9.17) is 11.1 Å². The summed E-state index contributed by atoms with van der Waals surface area (Å²) in [6, 6.07) is 0. The van der Waals surface area contributed by atoms with Crippen LogP contribution in [0.3, 0.4) is 0 Å². The molecular weight excluding hydrogens is 136 g/mol. The molecule has 0 saturated carbocycles. The van der Waals surface area contributed by atoms with Gasteiger partial charge in [-0.1, -0.05) is 11.8 Å². The monoisotopic (exact) mass is 144 g/mol. The van der Waals surface area contributed by atoms with Crippen molar-refractivity contribution < 1.29 is 0 Å². The Kier molecular flexibility index (Phi) is 3.70. The molecule has 0 rings (SSSR count). The zero-order valence-corrected chi connectivity index (χ0v) is 5.90. The molecule has 0 aromatic rings. The molecule has 0 heterocycles. The van der Waals surface area contributed by atoms with Crippen LogP contribution in [0.5, 0.6) is 0 Å². The first kappa shape index (κ1) is 8.16. The Morgan fingerprint density at radius 2 is 2.33 bits per heavy atom. The van der Waals surface area contributed by atoms with E-state index in [-0.39, 0.29) is 11.1 Å². The number of nitrogens with zero attached hydrogens (tertiary/aromatic N) is 2. The molecule has 0 radical (unpaired) electrons. The zero-order chi connectivity index (χ0) is 7.28. The van der Waals surface area contributed by atoms with E-state index < -0.39 is 0 Å². The molecule has 0 fully saturated rings. The minimum atomic E-state index is 0.0364. The lowest BCUT2D eigenvalue weighted by Gasteiger charge is -1.89. The number of rotatable bonds is 0. The molecule has 0 aliphatic heterocycles. The van der Waals surface area contributed by atoms with Gasteiger partial charge in [0.1, 0.15) is 0 Å². The van der Waals surface area contributed by atoms with Gasteiger partial charge in [0.15, 0.2) is 5.17 Å². The van der Waals surface area contributed by atoms with Gasteiger partial charge < -0.3 is 5.73 Å². The van der Waals surface area contributed by atoms with Gasteiger partial charge in [0.05, 0.1) is 0 Å². The van der Waals surface area contributed by atoms with Crippen LogP contribution in [0.4, 0.5) is 0 Å². The molecule has 0 aliphatic carbocycles. The predicted molar refractivity (Wildman–Crippen MR) is 42.4 cm³/mol. The van der Waals surface area contributed by atoms with Crippen LogP contribution in [0.1, 0.15) is 0 Å². The standard InChI is InChI=1S/C4H8N4S/c1-7-3(5)8-4(6)9-2/h1H2,2H3,(H3,5,6,8). The summed E-state index contributed by atoms with van der Waals surface area (Å²) >= 11 is 1.20. The van der Waals surface area contributed by atoms with Crippen LogP contribution < -0.4 is 5.73 Å². The van der Waals surface area contributed by atoms with Crippen molar-refractivity contribution in [3.8, 4) is 0 Å². The topological polar surface area (TPSA) is 74.6 Å². The second kappa shape index (κ2) is 4.08. The minimum Gasteiger partial charge on any atom is -0.368 e. The number of guanidine groups is 1. The Labute approximate surface area is 57.8 Å². The molecule has 5 heteroatoms. The molecule has 0 aromatic carbocycles. The third-order valence-electron chi connectivity index (χ3n) is 0.571. The summed E-state index contributed by atoms with van der Waals surface area (Å²) in [5.41, 5.74) is 5.12. The third kappa shape index (κ3) is 3.72. The maximum Gasteiger partial charge on any atom is 0.221 e. The number of nitrogens with one attached hydrogen (secondary N) is 1. The summed E-state index contributed by atoms with van der Waals surface area (Å²) in [5.74, 6) is 0.0364. The molecule has 0 unspecified atom stereocenters. The fourth-order valence-corrected chi connectivity index (χ4v) is 0.370. The average molecular weight is 144 g/mol. The first-order chi connectivity index (χ1) is 4.20. The normalized spacial score (nSPS) is 11.0. The molecule has 0 atom stereocenters. The lowest BCUT2D eigenvalue weighted by Crippen LogP contribution is -2.08. The smallest absolute Gasteiger partial charge is 0.221 e. The Bertz CT molecular complexity index is 151. The maximum atomic E-state index is 6.98. The van der Waals surface area contributed by atoms with Crippen LogP contribution in [0.25, 0.3) is 0 Å². The van der Waals surface area contributed by atoms with E-state index in [9.17, 15) is 0 Å². The highest BCUT2D eigenvalue weighted by Gasteiger charge is 1.88. The molecule has 3 N–H and O–H groups in total. The van der Waals surface area contributed by atoms with Crippen LogP contribution in [0.15, 0.2) is 9.98 Å². The lowest BCUT2D eigenvalue weighted by molar-refractivity contribution is 1.44. The summed E-state index contributed by atoms with van der Waals surface area (Å²) in [4.78, 5) is 6.83. The number of amidine groups is 1. The summed E-state index contributed by atoms with van der Waals surface area (Å²) in [6.07, 6.45) is 1.74. The van der Waals surface area contributed by atoms with Crippen molar-refractivity contribution in [2.24, 2.45) is 15.7 Å². The Balaban J connectivity index is 3.94. The molecule has 0 bridgehead atoms. The van der Waals surface area contributed by atoms with E-state index in [1.165, 1.54) is 11.8 Å². The largest absolute Gasteiger partial charge is 0.368 e. The van der Waals surface area contributed by atoms with Crippen molar-refractivity contribution in [2.75, 3.05) is 6.26 Å². The summed E-state index contributed by atoms with van der Waals surface area (Å²) in [7, 11) is 0. The first-order valence-electron chi connectivity index (χ1n) is 2.14. The highest BCUT2D eigenvalue weighted by molar-refractivity contribution is 8.13. The highest BCUT2D eigenvalue weighted by Crippen LogP contribution is 1.94. The maximum absolute atomic E-state index is 6.98. The van der Waals surface area contributed by atoms with Gasteiger partial charge in [-0.05, 0) is 13.0 Å². The van der Waals surface area contributed by atoms with Crippen molar-refractivity contribution in [3.63, 3.8) is 0 Å². The van der Waals surface area contributed by atoms with Crippen LogP contribution in [0, 0.1) is 5.41 Å². The fourth-order valence-electron chi connectivity index (χ4n) is 0.185. The predicted octanol–water partition coefficient (Wildman–Crippen LogP) is 0.299. The van der Waals surface area contributed by atoms with Gasteiger partial charge >= 0.3 is 0 Å². The number of nitrogens with two attached hydrogens (primary N) is 1. The van der Waals surface area contributed by atoms with E-state index in [2.05, 4.69) is 16.7 Å². The Morgan fingerprint density at radius 3 is 2.67 bits per heavy atom. The number of hydrogen-bond donors (Lipinski definition) is 2. The van der Waals surface area contributed by atoms with Crippen LogP contribution in [-0.2, 0) is 0 Å². The number of hydrogen-bond acceptors (Lipinski definition) is 2. The summed E-state index contributed by atoms with van der Waals surface area (Å²) in [5, 5.41) is 7.12. The van der Waals surface area contributed by atoms with Crippen LogP contribution in [0.2, 0.25) is 0 Å². The molecule has 0 aliphatic rings. The first-order valence-corrected chi connectivity index (χ1v) is 3.36. The molecule has 0 spiro atoms. The van der Waals surface area contributed by atoms with E-state index in [0.29, 0.717) is 0 Å². The van der Waals surface area contributed by atoms with Gasteiger partial charge in [0.25, 0.3) is 0 Å². The molecule has 0 aromatic heterocycles. The van der Waals surface area contributed by atoms with Crippen molar-refractivity contribution in [1.82, 2.24) is 0 Å². The van der Waals surface area contributed by atoms with E-state index in [1.807, 2.05) is 0 Å². The lowest BCUT2D eigenvalue weighted by atomic mass is 11.0. The van der Waals surface area contributed by atoms with Crippen molar-refractivity contribution in [3.05, 3.63) is 0 Å². The molecule has 0 saturated heterocycles. The highest BCUT2D eigenvalue weighted by atomic mass is 32.2. The SMILES string of the molecule is C=NC(N)=NC(=N)SC. The molecule has 0 amide bonds. The zero-order valence-electron chi connectivity index (χ0n) is 5.09. The van der Waals surface area contributed by atoms with Gasteiger partial charge in [-0.2, -0.15) is 4.99 Å². The van der Waals surface area contributed by atoms with Gasteiger partial charge in [-0.25, -0.2) is 4.99 Å². The van der Waals surface area contributed by atoms with Gasteiger partial charge in [0, 0.05) is 0 Å². The molecular formula is C4H8N4S. The second-order valence-electron chi connectivity index (χ2n) is 1.14. The summed E-state index contributed by atoms with van der Waals surface area (Å²) in [6.45, 7) is 3.14. The van der Waals surface area contributed by atoms with Gasteiger partial charge in [-0.3, -0.25) is 5.41 Å². The third-order valence-corrected chi connectivity index (χ3v) is 1.05. The molecule has 50 valence electrons. The Hall–Kier alpha value is -0.840. The number of aliphatic imine (C=N–C) groups is 2. The van der Waals surface area contributed by atoms with Crippen LogP contribution in [-0.4, -0.2) is 24.1 Å². The second-order valence-corrected chi connectivity index (χ2v) is 1.93. The van der Waals surface area contributed by atoms with Crippen molar-refractivity contribution in [2.45, 2.75) is 0 Å². The van der Waals surface area contributed by atoms with E-state index in [0.717, 1.165) is 0 Å². The van der Waals surface area contributed by atoms with Crippen molar-refractivity contribution >= 4 is 29.6 Å².